The topological polar surface area (TPSA) is 101 Å². The van der Waals surface area contributed by atoms with Crippen molar-refractivity contribution in [1.29, 1.82) is 0 Å². The molecule has 1 saturated heterocycles. The number of pyridine rings is 1. The lowest BCUT2D eigenvalue weighted by molar-refractivity contribution is -0.385. The first-order valence-electron chi connectivity index (χ1n) is 9.06. The molecule has 2 aromatic heterocycles. The first kappa shape index (κ1) is 18.1. The summed E-state index contributed by atoms with van der Waals surface area (Å²) in [6, 6.07) is 11.2. The van der Waals surface area contributed by atoms with Crippen molar-refractivity contribution in [3.63, 3.8) is 0 Å². The van der Waals surface area contributed by atoms with Gasteiger partial charge in [-0.3, -0.25) is 15.0 Å². The fraction of sp³-hybridized carbons (Fsp3) is 0.316. The number of anilines is 1. The van der Waals surface area contributed by atoms with Crippen molar-refractivity contribution in [3.05, 3.63) is 64.2 Å². The highest BCUT2D eigenvalue weighted by Crippen LogP contribution is 2.19. The van der Waals surface area contributed by atoms with Crippen LogP contribution in [0.1, 0.15) is 11.5 Å². The molecule has 0 spiro atoms. The van der Waals surface area contributed by atoms with E-state index in [9.17, 15) is 10.1 Å². The van der Waals surface area contributed by atoms with Crippen molar-refractivity contribution in [2.75, 3.05) is 31.1 Å². The van der Waals surface area contributed by atoms with Gasteiger partial charge in [0.25, 0.3) is 5.69 Å². The zero-order valence-corrected chi connectivity index (χ0v) is 15.5. The van der Waals surface area contributed by atoms with Crippen molar-refractivity contribution in [2.24, 2.45) is 0 Å². The molecule has 0 unspecified atom stereocenters. The molecule has 3 aromatic rings. The summed E-state index contributed by atoms with van der Waals surface area (Å²) in [4.78, 5) is 23.4. The molecule has 0 bridgehead atoms. The highest BCUT2D eigenvalue weighted by molar-refractivity contribution is 5.54. The van der Waals surface area contributed by atoms with E-state index in [-0.39, 0.29) is 5.69 Å². The van der Waals surface area contributed by atoms with Gasteiger partial charge in [-0.2, -0.15) is 4.98 Å². The van der Waals surface area contributed by atoms with Gasteiger partial charge >= 0.3 is 0 Å². The minimum atomic E-state index is -0.440. The van der Waals surface area contributed by atoms with Gasteiger partial charge in [-0.05, 0) is 13.0 Å². The molecule has 1 aliphatic rings. The fourth-order valence-electron chi connectivity index (χ4n) is 3.14. The van der Waals surface area contributed by atoms with E-state index in [2.05, 4.69) is 24.9 Å². The normalized spacial score (nSPS) is 15.0. The lowest BCUT2D eigenvalue weighted by atomic mass is 10.1. The van der Waals surface area contributed by atoms with Gasteiger partial charge in [0.05, 0.1) is 11.5 Å². The van der Waals surface area contributed by atoms with Gasteiger partial charge in [-0.15, -0.1) is 0 Å². The highest BCUT2D eigenvalue weighted by Gasteiger charge is 2.21. The van der Waals surface area contributed by atoms with Crippen molar-refractivity contribution in [3.8, 4) is 11.4 Å². The van der Waals surface area contributed by atoms with Crippen LogP contribution in [0.3, 0.4) is 0 Å². The van der Waals surface area contributed by atoms with Gasteiger partial charge in [0, 0.05) is 37.8 Å². The molecule has 0 N–H and O–H groups in total. The summed E-state index contributed by atoms with van der Waals surface area (Å²) in [5.74, 6) is 1.95. The van der Waals surface area contributed by atoms with Gasteiger partial charge in [-0.25, -0.2) is 4.98 Å². The summed E-state index contributed by atoms with van der Waals surface area (Å²) in [6.45, 7) is 5.84. The molecule has 4 rings (SSSR count). The zero-order valence-electron chi connectivity index (χ0n) is 15.5. The summed E-state index contributed by atoms with van der Waals surface area (Å²) in [7, 11) is 0. The Balaban J connectivity index is 1.33. The van der Waals surface area contributed by atoms with Crippen molar-refractivity contribution < 1.29 is 9.45 Å². The van der Waals surface area contributed by atoms with E-state index in [1.165, 1.54) is 17.8 Å². The number of nitro groups is 1. The Bertz CT molecular complexity index is 947. The second kappa shape index (κ2) is 7.73. The van der Waals surface area contributed by atoms with Crippen LogP contribution in [0.15, 0.2) is 47.1 Å². The lowest BCUT2D eigenvalue weighted by Gasteiger charge is -2.34. The van der Waals surface area contributed by atoms with Gasteiger partial charge < -0.3 is 9.42 Å². The molecular formula is C19H20N6O3. The van der Waals surface area contributed by atoms with Crippen LogP contribution in [0.2, 0.25) is 0 Å². The van der Waals surface area contributed by atoms with E-state index in [0.29, 0.717) is 18.3 Å². The van der Waals surface area contributed by atoms with Crippen LogP contribution < -0.4 is 4.90 Å². The summed E-state index contributed by atoms with van der Waals surface area (Å²) in [5, 5.41) is 14.8. The number of piperazine rings is 1. The van der Waals surface area contributed by atoms with E-state index < -0.39 is 4.92 Å². The Labute approximate surface area is 161 Å². The van der Waals surface area contributed by atoms with E-state index in [1.54, 1.807) is 6.07 Å². The second-order valence-corrected chi connectivity index (χ2v) is 6.77. The molecule has 1 aromatic carbocycles. The van der Waals surface area contributed by atoms with Crippen LogP contribution in [0.25, 0.3) is 11.4 Å². The van der Waals surface area contributed by atoms with E-state index in [4.69, 9.17) is 4.52 Å². The maximum Gasteiger partial charge on any atom is 0.287 e. The minimum absolute atomic E-state index is 0.00293. The Kier molecular flexibility index (Phi) is 4.98. The number of rotatable bonds is 5. The molecule has 0 radical (unpaired) electrons. The molecule has 1 aliphatic heterocycles. The van der Waals surface area contributed by atoms with Crippen molar-refractivity contribution >= 4 is 11.5 Å². The molecule has 0 atom stereocenters. The van der Waals surface area contributed by atoms with Crippen LogP contribution in [0.4, 0.5) is 11.5 Å². The van der Waals surface area contributed by atoms with Gasteiger partial charge in [0.2, 0.25) is 11.7 Å². The molecule has 3 heterocycles. The average Bonchev–Trinajstić information content (AvgIpc) is 3.18. The van der Waals surface area contributed by atoms with Crippen LogP contribution in [0, 0.1) is 17.0 Å². The van der Waals surface area contributed by atoms with E-state index in [0.717, 1.165) is 37.6 Å². The minimum Gasteiger partial charge on any atom is -0.354 e. The Morgan fingerprint density at radius 1 is 1.11 bits per heavy atom. The smallest absolute Gasteiger partial charge is 0.287 e. The van der Waals surface area contributed by atoms with E-state index >= 15 is 0 Å². The summed E-state index contributed by atoms with van der Waals surface area (Å²) < 4.78 is 5.41. The predicted octanol–water partition coefficient (Wildman–Crippen LogP) is 2.67. The van der Waals surface area contributed by atoms with Gasteiger partial charge in [-0.1, -0.05) is 35.0 Å². The number of aromatic nitrogens is 3. The van der Waals surface area contributed by atoms with E-state index in [1.807, 2.05) is 31.2 Å². The monoisotopic (exact) mass is 380 g/mol. The second-order valence-electron chi connectivity index (χ2n) is 6.77. The van der Waals surface area contributed by atoms with Crippen LogP contribution >= 0.6 is 0 Å². The SMILES string of the molecule is Cc1ccc(-c2noc(CN3CCN(c4ccc([N+](=O)[O-])cn4)CC3)n2)cc1. The highest BCUT2D eigenvalue weighted by atomic mass is 16.6. The lowest BCUT2D eigenvalue weighted by Crippen LogP contribution is -2.46. The Hall–Kier alpha value is -3.33. The molecular weight excluding hydrogens is 360 g/mol. The predicted molar refractivity (Wildman–Crippen MR) is 103 cm³/mol. The summed E-state index contributed by atoms with van der Waals surface area (Å²) in [5.41, 5.74) is 2.13. The maximum absolute atomic E-state index is 10.7. The molecule has 28 heavy (non-hydrogen) atoms. The van der Waals surface area contributed by atoms with Gasteiger partial charge in [0.15, 0.2) is 0 Å². The first-order valence-corrected chi connectivity index (χ1v) is 9.06. The van der Waals surface area contributed by atoms with Gasteiger partial charge in [0.1, 0.15) is 12.0 Å². The molecule has 144 valence electrons. The Morgan fingerprint density at radius 3 is 2.50 bits per heavy atom. The largest absolute Gasteiger partial charge is 0.354 e. The first-order chi connectivity index (χ1) is 13.6. The number of nitrogens with zero attached hydrogens (tertiary/aromatic N) is 6. The number of hydrogen-bond donors (Lipinski definition) is 0. The number of hydrogen-bond acceptors (Lipinski definition) is 8. The third-order valence-electron chi connectivity index (χ3n) is 4.78. The molecule has 9 heteroatoms. The van der Waals surface area contributed by atoms with Crippen LogP contribution in [-0.4, -0.2) is 51.1 Å². The molecule has 9 nitrogen and oxygen atoms in total. The summed E-state index contributed by atoms with van der Waals surface area (Å²) >= 11 is 0. The standard InChI is InChI=1S/C19H20N6O3/c1-14-2-4-15(5-3-14)19-21-18(28-22-19)13-23-8-10-24(11-9-23)17-7-6-16(12-20-17)25(26)27/h2-7,12H,8-11,13H2,1H3. The summed E-state index contributed by atoms with van der Waals surface area (Å²) in [6.07, 6.45) is 1.30. The molecule has 0 aliphatic carbocycles. The zero-order chi connectivity index (χ0) is 19.5. The van der Waals surface area contributed by atoms with Crippen molar-refractivity contribution in [1.82, 2.24) is 20.0 Å². The molecule has 0 saturated carbocycles. The average molecular weight is 380 g/mol. The maximum atomic E-state index is 10.7. The van der Waals surface area contributed by atoms with Crippen molar-refractivity contribution in [2.45, 2.75) is 13.5 Å². The quantitative estimate of drug-likeness (QED) is 0.492. The Morgan fingerprint density at radius 2 is 1.86 bits per heavy atom. The number of benzene rings is 1. The third kappa shape index (κ3) is 3.99. The number of aryl methyl sites for hydroxylation is 1. The van der Waals surface area contributed by atoms with Crippen LogP contribution in [-0.2, 0) is 6.54 Å². The third-order valence-corrected chi connectivity index (χ3v) is 4.78. The van der Waals surface area contributed by atoms with Crippen LogP contribution in [0.5, 0.6) is 0 Å². The molecule has 0 amide bonds. The fourth-order valence-corrected chi connectivity index (χ4v) is 3.14. The molecule has 1 fully saturated rings.